The van der Waals surface area contributed by atoms with Gasteiger partial charge in [-0.25, -0.2) is 4.79 Å². The summed E-state index contributed by atoms with van der Waals surface area (Å²) >= 11 is 0. The molecule has 0 fully saturated rings. The van der Waals surface area contributed by atoms with E-state index in [1.54, 1.807) is 0 Å². The minimum atomic E-state index is -4.46. The number of urea groups is 1. The zero-order valence-corrected chi connectivity index (χ0v) is 5.88. The molecule has 1 aliphatic rings. The second kappa shape index (κ2) is 2.58. The number of halogens is 3. The molecule has 0 atom stereocenters. The third kappa shape index (κ3) is 1.60. The summed E-state index contributed by atoms with van der Waals surface area (Å²) in [6, 6.07) is -0.905. The van der Waals surface area contributed by atoms with E-state index in [1.807, 2.05) is 0 Å². The molecule has 0 aromatic carbocycles. The number of alkyl halides is 3. The molecule has 0 bridgehead atoms. The quantitative estimate of drug-likeness (QED) is 0.557. The van der Waals surface area contributed by atoms with Crippen molar-refractivity contribution >= 4 is 6.03 Å². The molecule has 0 spiro atoms. The highest BCUT2D eigenvalue weighted by atomic mass is 19.4. The summed E-state index contributed by atoms with van der Waals surface area (Å²) < 4.78 is 35.7. The van der Waals surface area contributed by atoms with Gasteiger partial charge < -0.3 is 5.73 Å². The van der Waals surface area contributed by atoms with Crippen molar-refractivity contribution in [1.82, 2.24) is 9.80 Å². The molecule has 1 heterocycles. The maximum atomic E-state index is 11.9. The van der Waals surface area contributed by atoms with Crippen LogP contribution in [0, 0.1) is 0 Å². The summed E-state index contributed by atoms with van der Waals surface area (Å²) in [6.45, 7) is -0.571. The summed E-state index contributed by atoms with van der Waals surface area (Å²) in [5.74, 6) is 0. The largest absolute Gasteiger partial charge is 0.485 e. The van der Waals surface area contributed by atoms with Gasteiger partial charge in [-0.3, -0.25) is 9.80 Å². The number of hydrogen-bond donors (Lipinski definition) is 1. The van der Waals surface area contributed by atoms with Gasteiger partial charge >= 0.3 is 12.3 Å². The molecule has 1 rings (SSSR count). The van der Waals surface area contributed by atoms with Gasteiger partial charge in [-0.15, -0.1) is 0 Å². The van der Waals surface area contributed by atoms with Gasteiger partial charge in [0.25, 0.3) is 0 Å². The lowest BCUT2D eigenvalue weighted by atomic mass is 10.8. The van der Waals surface area contributed by atoms with Crippen LogP contribution in [0.25, 0.3) is 0 Å². The fourth-order valence-corrected chi connectivity index (χ4v) is 0.727. The molecule has 0 aliphatic carbocycles. The highest BCUT2D eigenvalue weighted by molar-refractivity contribution is 5.73. The van der Waals surface area contributed by atoms with Crippen LogP contribution in [0.4, 0.5) is 18.0 Å². The van der Waals surface area contributed by atoms with E-state index < -0.39 is 19.0 Å². The van der Waals surface area contributed by atoms with Crippen LogP contribution in [0.1, 0.15) is 0 Å². The lowest BCUT2D eigenvalue weighted by Crippen LogP contribution is -2.39. The number of nitrogens with zero attached hydrogens (tertiary/aromatic N) is 2. The van der Waals surface area contributed by atoms with Crippen LogP contribution in [-0.4, -0.2) is 28.8 Å². The highest BCUT2D eigenvalue weighted by Crippen LogP contribution is 2.24. The van der Waals surface area contributed by atoms with Crippen LogP contribution in [0.3, 0.4) is 0 Å². The predicted octanol–water partition coefficient (Wildman–Crippen LogP) is 0.631. The molecule has 0 aromatic rings. The first-order valence-corrected chi connectivity index (χ1v) is 2.99. The Morgan fingerprint density at radius 2 is 2.00 bits per heavy atom. The Labute approximate surface area is 66.0 Å². The van der Waals surface area contributed by atoms with Crippen molar-refractivity contribution in [3.05, 3.63) is 12.4 Å². The average Bonchev–Trinajstić information content (AvgIpc) is 2.30. The molecule has 0 saturated carbocycles. The lowest BCUT2D eigenvalue weighted by molar-refractivity contribution is -0.228. The minimum Gasteiger partial charge on any atom is -0.351 e. The lowest BCUT2D eigenvalue weighted by Gasteiger charge is -2.20. The summed E-state index contributed by atoms with van der Waals surface area (Å²) in [7, 11) is 0. The third-order valence-electron chi connectivity index (χ3n) is 1.34. The summed E-state index contributed by atoms with van der Waals surface area (Å²) in [5, 5.41) is 0. The summed E-state index contributed by atoms with van der Waals surface area (Å²) in [6.07, 6.45) is -2.72. The van der Waals surface area contributed by atoms with Crippen molar-refractivity contribution in [3.8, 4) is 0 Å². The molecule has 68 valence electrons. The first-order valence-electron chi connectivity index (χ1n) is 2.99. The smallest absolute Gasteiger partial charge is 0.351 e. The van der Waals surface area contributed by atoms with Gasteiger partial charge in [-0.1, -0.05) is 0 Å². The van der Waals surface area contributed by atoms with Crippen LogP contribution in [0.2, 0.25) is 0 Å². The fourth-order valence-electron chi connectivity index (χ4n) is 0.727. The molecule has 0 radical (unpaired) electrons. The second-order valence-corrected chi connectivity index (χ2v) is 2.19. The van der Waals surface area contributed by atoms with E-state index >= 15 is 0 Å². The molecular weight excluding hydrogens is 175 g/mol. The van der Waals surface area contributed by atoms with E-state index in [-0.39, 0.29) is 4.90 Å². The summed E-state index contributed by atoms with van der Waals surface area (Å²) in [5.41, 5.74) is 4.74. The Morgan fingerprint density at radius 1 is 1.42 bits per heavy atom. The Morgan fingerprint density at radius 3 is 2.25 bits per heavy atom. The minimum absolute atomic E-state index is 0.0533. The van der Waals surface area contributed by atoms with E-state index in [2.05, 4.69) is 0 Å². The van der Waals surface area contributed by atoms with Crippen molar-refractivity contribution in [2.24, 2.45) is 5.73 Å². The predicted molar refractivity (Wildman–Crippen MR) is 33.3 cm³/mol. The van der Waals surface area contributed by atoms with Crippen LogP contribution in [-0.2, 0) is 0 Å². The normalized spacial score (nSPS) is 17.2. The molecular formula is C5H6F3N3O. The first-order chi connectivity index (χ1) is 5.41. The zero-order chi connectivity index (χ0) is 9.35. The van der Waals surface area contributed by atoms with Crippen molar-refractivity contribution in [1.29, 1.82) is 0 Å². The third-order valence-corrected chi connectivity index (χ3v) is 1.34. The van der Waals surface area contributed by atoms with Gasteiger partial charge in [0.2, 0.25) is 0 Å². The zero-order valence-electron chi connectivity index (χ0n) is 5.88. The van der Waals surface area contributed by atoms with Gasteiger partial charge in [0, 0.05) is 12.4 Å². The Balaban J connectivity index is 2.59. The van der Waals surface area contributed by atoms with Crippen LogP contribution in [0.15, 0.2) is 12.4 Å². The van der Waals surface area contributed by atoms with Crippen molar-refractivity contribution in [3.63, 3.8) is 0 Å². The molecule has 2 N–H and O–H groups in total. The van der Waals surface area contributed by atoms with Crippen LogP contribution in [0.5, 0.6) is 0 Å². The van der Waals surface area contributed by atoms with Gasteiger partial charge in [0.1, 0.15) is 6.67 Å². The topological polar surface area (TPSA) is 49.6 Å². The van der Waals surface area contributed by atoms with Gasteiger partial charge in [-0.2, -0.15) is 13.2 Å². The molecule has 0 aromatic heterocycles. The van der Waals surface area contributed by atoms with Gasteiger partial charge in [0.15, 0.2) is 0 Å². The standard InChI is InChI=1S/C5H6F3N3O/c6-5(7,8)11-2-1-10(3-11)4(9)12/h1-2H,3H2,(H2,9,12). The molecule has 0 saturated heterocycles. The van der Waals surface area contributed by atoms with Gasteiger partial charge in [0.05, 0.1) is 0 Å². The van der Waals surface area contributed by atoms with Crippen LogP contribution >= 0.6 is 0 Å². The molecule has 2 amide bonds. The Hall–Kier alpha value is -1.40. The molecule has 4 nitrogen and oxygen atoms in total. The fraction of sp³-hybridized carbons (Fsp3) is 0.400. The van der Waals surface area contributed by atoms with Crippen molar-refractivity contribution in [2.45, 2.75) is 6.30 Å². The number of carbonyl (C=O) groups excluding carboxylic acids is 1. The van der Waals surface area contributed by atoms with Gasteiger partial charge in [-0.05, 0) is 0 Å². The van der Waals surface area contributed by atoms with Crippen molar-refractivity contribution < 1.29 is 18.0 Å². The number of carbonyl (C=O) groups is 1. The maximum absolute atomic E-state index is 11.9. The number of amides is 2. The number of nitrogens with two attached hydrogens (primary N) is 1. The number of rotatable bonds is 0. The Kier molecular flexibility index (Phi) is 1.87. The second-order valence-electron chi connectivity index (χ2n) is 2.19. The van der Waals surface area contributed by atoms with E-state index in [4.69, 9.17) is 5.73 Å². The maximum Gasteiger partial charge on any atom is 0.485 e. The van der Waals surface area contributed by atoms with E-state index in [0.29, 0.717) is 0 Å². The first kappa shape index (κ1) is 8.69. The monoisotopic (exact) mass is 181 g/mol. The number of hydrogen-bond acceptors (Lipinski definition) is 2. The molecule has 7 heteroatoms. The van der Waals surface area contributed by atoms with E-state index in [9.17, 15) is 18.0 Å². The van der Waals surface area contributed by atoms with Crippen LogP contribution < -0.4 is 5.73 Å². The van der Waals surface area contributed by atoms with Crippen molar-refractivity contribution in [2.75, 3.05) is 6.67 Å². The van der Waals surface area contributed by atoms with E-state index in [0.717, 1.165) is 17.3 Å². The molecule has 12 heavy (non-hydrogen) atoms. The molecule has 0 unspecified atom stereocenters. The SMILES string of the molecule is NC(=O)N1C=CN(C(F)(F)F)C1. The van der Waals surface area contributed by atoms with E-state index in [1.165, 1.54) is 0 Å². The molecule has 1 aliphatic heterocycles. The highest BCUT2D eigenvalue weighted by Gasteiger charge is 2.38. The average molecular weight is 181 g/mol. The Bertz CT molecular complexity index is 224. The number of primary amides is 1. The summed E-state index contributed by atoms with van der Waals surface area (Å²) in [4.78, 5) is 11.2.